The van der Waals surface area contributed by atoms with Gasteiger partial charge in [-0.2, -0.15) is 0 Å². The highest BCUT2D eigenvalue weighted by Crippen LogP contribution is 2.22. The van der Waals surface area contributed by atoms with Crippen molar-refractivity contribution in [2.75, 3.05) is 32.2 Å². The number of rotatable bonds is 13. The first-order valence-corrected chi connectivity index (χ1v) is 11.7. The lowest BCUT2D eigenvalue weighted by Crippen LogP contribution is -2.48. The largest absolute Gasteiger partial charge is 0.464 e. The fraction of sp³-hybridized carbons (Fsp3) is 0.520. The van der Waals surface area contributed by atoms with Crippen LogP contribution in [0.4, 0.5) is 4.39 Å². The molecule has 2 amide bonds. The maximum absolute atomic E-state index is 13.4. The molecule has 0 bridgehead atoms. The average molecular weight is 481 g/mol. The van der Waals surface area contributed by atoms with Crippen LogP contribution in [0.2, 0.25) is 0 Å². The van der Waals surface area contributed by atoms with Crippen LogP contribution in [0.3, 0.4) is 0 Å². The lowest BCUT2D eigenvalue weighted by Gasteiger charge is -2.32. The fourth-order valence-corrected chi connectivity index (χ4v) is 3.42. The summed E-state index contributed by atoms with van der Waals surface area (Å²) in [4.78, 5) is 29.7. The third-order valence-electron chi connectivity index (χ3n) is 5.23. The molecule has 0 aliphatic heterocycles. The predicted octanol–water partition coefficient (Wildman–Crippen LogP) is 4.78. The van der Waals surface area contributed by atoms with Crippen LogP contribution in [0.1, 0.15) is 44.3 Å². The first kappa shape index (κ1) is 26.9. The third-order valence-corrected chi connectivity index (χ3v) is 5.90. The predicted molar refractivity (Wildman–Crippen MR) is 126 cm³/mol. The van der Waals surface area contributed by atoms with Gasteiger partial charge in [0.25, 0.3) is 0 Å². The Morgan fingerprint density at radius 3 is 2.36 bits per heavy atom. The second-order valence-corrected chi connectivity index (χ2v) is 8.95. The summed E-state index contributed by atoms with van der Waals surface area (Å²) < 4.78 is 24.4. The first-order valence-electron chi connectivity index (χ1n) is 11.2. The van der Waals surface area contributed by atoms with Gasteiger partial charge in [0.05, 0.1) is 18.5 Å². The highest BCUT2D eigenvalue weighted by molar-refractivity contribution is 6.19. The Kier molecular flexibility index (Phi) is 10.4. The number of alkyl halides is 1. The van der Waals surface area contributed by atoms with E-state index in [-0.39, 0.29) is 43.1 Å². The zero-order valence-corrected chi connectivity index (χ0v) is 20.7. The van der Waals surface area contributed by atoms with Crippen LogP contribution in [-0.4, -0.2) is 53.8 Å². The molecule has 1 aromatic carbocycles. The Bertz CT molecular complexity index is 898. The number of hydrogen-bond acceptors (Lipinski definition) is 4. The molecule has 0 saturated heterocycles. The second-order valence-electron chi connectivity index (χ2n) is 8.68. The summed E-state index contributed by atoms with van der Waals surface area (Å²) in [6.45, 7) is 9.17. The van der Waals surface area contributed by atoms with Gasteiger partial charge in [-0.15, -0.1) is 11.6 Å². The summed E-state index contributed by atoms with van der Waals surface area (Å²) in [5.74, 6) is 0.774. The summed E-state index contributed by atoms with van der Waals surface area (Å²) in [6.07, 6.45) is 0.612. The topological polar surface area (TPSA) is 63.0 Å². The first-order chi connectivity index (χ1) is 15.7. The van der Waals surface area contributed by atoms with Crippen LogP contribution in [0.25, 0.3) is 0 Å². The number of carbonyl (C=O) groups excluding carboxylic acids is 2. The van der Waals surface area contributed by atoms with E-state index in [4.69, 9.17) is 20.8 Å². The molecule has 2 rings (SSSR count). The quantitative estimate of drug-likeness (QED) is 0.306. The Morgan fingerprint density at radius 2 is 1.79 bits per heavy atom. The smallest absolute Gasteiger partial charge is 0.242 e. The summed E-state index contributed by atoms with van der Waals surface area (Å²) in [6, 6.07) is 9.67. The normalized spacial score (nSPS) is 11.5. The van der Waals surface area contributed by atoms with Crippen LogP contribution in [-0.2, 0) is 27.4 Å². The maximum atomic E-state index is 13.4. The molecule has 1 heterocycles. The zero-order valence-electron chi connectivity index (χ0n) is 19.9. The summed E-state index contributed by atoms with van der Waals surface area (Å²) in [5.41, 5.74) is -0.0174. The molecule has 0 spiro atoms. The van der Waals surface area contributed by atoms with Crippen LogP contribution < -0.4 is 0 Å². The summed E-state index contributed by atoms with van der Waals surface area (Å²) in [5, 5.41) is 0. The van der Waals surface area contributed by atoms with Crippen molar-refractivity contribution in [2.45, 2.75) is 47.2 Å². The van der Waals surface area contributed by atoms with Crippen molar-refractivity contribution < 1.29 is 23.1 Å². The molecule has 6 nitrogen and oxygen atoms in total. The van der Waals surface area contributed by atoms with Crippen LogP contribution in [0.5, 0.6) is 0 Å². The second kappa shape index (κ2) is 12.8. The van der Waals surface area contributed by atoms with Crippen molar-refractivity contribution in [3.05, 3.63) is 59.3 Å². The molecule has 33 heavy (non-hydrogen) atoms. The molecule has 0 saturated carbocycles. The molecule has 2 aromatic rings. The number of halogens is 2. The van der Waals surface area contributed by atoms with Gasteiger partial charge in [0, 0.05) is 32.2 Å². The molecule has 0 atom stereocenters. The van der Waals surface area contributed by atoms with Crippen LogP contribution >= 0.6 is 11.6 Å². The van der Waals surface area contributed by atoms with Gasteiger partial charge >= 0.3 is 0 Å². The Morgan fingerprint density at radius 1 is 1.09 bits per heavy atom. The molecule has 0 N–H and O–H groups in total. The SMILES string of the molecule is CCOCCCN(CC(=O)N(Cc1ccc(F)cc1)Cc1ccc(C)o1)C(=O)C(C)(C)CCl. The van der Waals surface area contributed by atoms with Gasteiger partial charge in [-0.25, -0.2) is 4.39 Å². The Hall–Kier alpha value is -2.38. The number of amides is 2. The lowest BCUT2D eigenvalue weighted by molar-refractivity contribution is -0.146. The monoisotopic (exact) mass is 480 g/mol. The van der Waals surface area contributed by atoms with Gasteiger partial charge < -0.3 is 19.0 Å². The minimum atomic E-state index is -0.798. The minimum Gasteiger partial charge on any atom is -0.464 e. The molecule has 0 fully saturated rings. The number of hydrogen-bond donors (Lipinski definition) is 0. The zero-order chi connectivity index (χ0) is 24.4. The van der Waals surface area contributed by atoms with Gasteiger partial charge in [0.15, 0.2) is 0 Å². The Labute approximate surface area is 200 Å². The fourth-order valence-electron chi connectivity index (χ4n) is 3.30. The molecule has 0 unspecified atom stereocenters. The van der Waals surface area contributed by atoms with Crippen LogP contribution in [0, 0.1) is 18.2 Å². The lowest BCUT2D eigenvalue weighted by atomic mass is 9.94. The minimum absolute atomic E-state index is 0.0911. The van der Waals surface area contributed by atoms with Crippen molar-refractivity contribution in [1.82, 2.24) is 9.80 Å². The van der Waals surface area contributed by atoms with E-state index in [2.05, 4.69) is 0 Å². The standard InChI is InChI=1S/C25H34ClFN2O4/c1-5-32-14-6-13-28(24(31)25(3,4)18-26)17-23(30)29(16-22-12-7-19(2)33-22)15-20-8-10-21(27)11-9-20/h7-12H,5-6,13-18H2,1-4H3. The van der Waals surface area contributed by atoms with E-state index in [1.165, 1.54) is 12.1 Å². The number of ether oxygens (including phenoxy) is 1. The van der Waals surface area contributed by atoms with Gasteiger partial charge in [0.2, 0.25) is 11.8 Å². The van der Waals surface area contributed by atoms with Gasteiger partial charge in [-0.3, -0.25) is 9.59 Å². The number of benzene rings is 1. The summed E-state index contributed by atoms with van der Waals surface area (Å²) >= 11 is 6.03. The molecule has 182 valence electrons. The number of carbonyl (C=O) groups is 2. The summed E-state index contributed by atoms with van der Waals surface area (Å²) in [7, 11) is 0. The molecule has 1 aromatic heterocycles. The van der Waals surface area contributed by atoms with Crippen molar-refractivity contribution in [2.24, 2.45) is 5.41 Å². The van der Waals surface area contributed by atoms with E-state index in [0.717, 1.165) is 11.3 Å². The van der Waals surface area contributed by atoms with E-state index in [1.807, 2.05) is 26.0 Å². The van der Waals surface area contributed by atoms with Gasteiger partial charge in [-0.1, -0.05) is 12.1 Å². The number of furan rings is 1. The number of nitrogens with zero attached hydrogens (tertiary/aromatic N) is 2. The van der Waals surface area contributed by atoms with Crippen molar-refractivity contribution >= 4 is 23.4 Å². The Balaban J connectivity index is 2.21. The number of aryl methyl sites for hydroxylation is 1. The highest BCUT2D eigenvalue weighted by atomic mass is 35.5. The van der Waals surface area contributed by atoms with Crippen molar-refractivity contribution in [3.63, 3.8) is 0 Å². The van der Waals surface area contributed by atoms with E-state index in [9.17, 15) is 14.0 Å². The average Bonchev–Trinajstić information content (AvgIpc) is 3.20. The molecule has 0 aliphatic rings. The van der Waals surface area contributed by atoms with Gasteiger partial charge in [0.1, 0.15) is 17.3 Å². The van der Waals surface area contributed by atoms with E-state index < -0.39 is 5.41 Å². The third kappa shape index (κ3) is 8.48. The highest BCUT2D eigenvalue weighted by Gasteiger charge is 2.33. The molecule has 0 aliphatic carbocycles. The van der Waals surface area contributed by atoms with Gasteiger partial charge in [-0.05, 0) is 63.9 Å². The molecule has 8 heteroatoms. The molecule has 0 radical (unpaired) electrons. The molecular formula is C25H34ClFN2O4. The van der Waals surface area contributed by atoms with Crippen LogP contribution in [0.15, 0.2) is 40.8 Å². The molecular weight excluding hydrogens is 447 g/mol. The van der Waals surface area contributed by atoms with E-state index in [0.29, 0.717) is 31.9 Å². The van der Waals surface area contributed by atoms with E-state index in [1.54, 1.807) is 35.8 Å². The van der Waals surface area contributed by atoms with Crippen molar-refractivity contribution in [3.8, 4) is 0 Å². The van der Waals surface area contributed by atoms with Crippen molar-refractivity contribution in [1.29, 1.82) is 0 Å². The van der Waals surface area contributed by atoms with E-state index >= 15 is 0 Å². The maximum Gasteiger partial charge on any atom is 0.242 e.